The fraction of sp³-hybridized carbons (Fsp3) is 0.312. The lowest BCUT2D eigenvalue weighted by molar-refractivity contribution is 0.0764. The first kappa shape index (κ1) is 15.9. The maximum absolute atomic E-state index is 13.2. The Morgan fingerprint density at radius 3 is 2.59 bits per heavy atom. The van der Waals surface area contributed by atoms with Crippen molar-refractivity contribution in [1.29, 1.82) is 0 Å². The summed E-state index contributed by atoms with van der Waals surface area (Å²) < 4.78 is 14.4. The fourth-order valence-corrected chi connectivity index (χ4v) is 2.16. The van der Waals surface area contributed by atoms with E-state index in [4.69, 9.17) is 0 Å². The van der Waals surface area contributed by atoms with Crippen LogP contribution in [0.15, 0.2) is 41.2 Å². The molecule has 0 saturated heterocycles. The van der Waals surface area contributed by atoms with Gasteiger partial charge in [0.05, 0.1) is 6.54 Å². The van der Waals surface area contributed by atoms with Crippen LogP contribution in [-0.2, 0) is 6.54 Å². The van der Waals surface area contributed by atoms with E-state index < -0.39 is 0 Å². The van der Waals surface area contributed by atoms with Crippen molar-refractivity contribution in [3.05, 3.63) is 63.8 Å². The molecular formula is C16H18FN3O2. The Hall–Kier alpha value is -2.50. The number of hydrogen-bond acceptors (Lipinski definition) is 3. The number of nitrogens with zero attached hydrogens (tertiary/aromatic N) is 3. The standard InChI is InChI=1S/C16H18FN3O2/c1-3-19(4-2)16(22)14-8-9-15(21)20(18-14)11-12-6-5-7-13(17)10-12/h5-10H,3-4,11H2,1-2H3. The van der Waals surface area contributed by atoms with Gasteiger partial charge in [-0.05, 0) is 37.6 Å². The third kappa shape index (κ3) is 3.58. The molecule has 5 nitrogen and oxygen atoms in total. The maximum atomic E-state index is 13.2. The summed E-state index contributed by atoms with van der Waals surface area (Å²) in [4.78, 5) is 25.8. The highest BCUT2D eigenvalue weighted by Crippen LogP contribution is 2.05. The van der Waals surface area contributed by atoms with Crippen molar-refractivity contribution in [2.75, 3.05) is 13.1 Å². The predicted octanol–water partition coefficient (Wildman–Crippen LogP) is 1.91. The molecule has 0 N–H and O–H groups in total. The van der Waals surface area contributed by atoms with Crippen LogP contribution in [0.2, 0.25) is 0 Å². The van der Waals surface area contributed by atoms with Crippen LogP contribution < -0.4 is 5.56 Å². The molecule has 1 heterocycles. The first-order valence-corrected chi connectivity index (χ1v) is 7.17. The summed E-state index contributed by atoms with van der Waals surface area (Å²) >= 11 is 0. The molecule has 1 aromatic carbocycles. The summed E-state index contributed by atoms with van der Waals surface area (Å²) in [5, 5.41) is 4.10. The lowest BCUT2D eigenvalue weighted by atomic mass is 10.2. The van der Waals surface area contributed by atoms with Crippen molar-refractivity contribution < 1.29 is 9.18 Å². The zero-order valence-electron chi connectivity index (χ0n) is 12.6. The molecule has 1 amide bonds. The van der Waals surface area contributed by atoms with Crippen molar-refractivity contribution in [3.8, 4) is 0 Å². The number of amides is 1. The average Bonchev–Trinajstić information content (AvgIpc) is 2.50. The van der Waals surface area contributed by atoms with Gasteiger partial charge in [-0.15, -0.1) is 0 Å². The summed E-state index contributed by atoms with van der Waals surface area (Å²) in [5.74, 6) is -0.598. The van der Waals surface area contributed by atoms with Crippen LogP contribution in [0, 0.1) is 5.82 Å². The van der Waals surface area contributed by atoms with E-state index in [1.54, 1.807) is 17.0 Å². The summed E-state index contributed by atoms with van der Waals surface area (Å²) in [6.07, 6.45) is 0. The molecule has 116 valence electrons. The number of rotatable bonds is 5. The van der Waals surface area contributed by atoms with Gasteiger partial charge in [0, 0.05) is 19.2 Å². The molecule has 0 radical (unpaired) electrons. The number of aromatic nitrogens is 2. The second kappa shape index (κ2) is 6.98. The molecule has 22 heavy (non-hydrogen) atoms. The Bertz CT molecular complexity index is 723. The molecule has 6 heteroatoms. The molecule has 0 unspecified atom stereocenters. The molecular weight excluding hydrogens is 285 g/mol. The maximum Gasteiger partial charge on any atom is 0.274 e. The Morgan fingerprint density at radius 1 is 1.23 bits per heavy atom. The Labute approximate surface area is 128 Å². The van der Waals surface area contributed by atoms with Crippen molar-refractivity contribution in [1.82, 2.24) is 14.7 Å². The third-order valence-corrected chi connectivity index (χ3v) is 3.36. The second-order valence-electron chi connectivity index (χ2n) is 4.82. The van der Waals surface area contributed by atoms with Crippen LogP contribution in [0.1, 0.15) is 29.9 Å². The molecule has 0 saturated carbocycles. The second-order valence-corrected chi connectivity index (χ2v) is 4.82. The number of carbonyl (C=O) groups is 1. The van der Waals surface area contributed by atoms with E-state index in [-0.39, 0.29) is 29.5 Å². The first-order chi connectivity index (χ1) is 10.5. The van der Waals surface area contributed by atoms with Crippen molar-refractivity contribution in [2.45, 2.75) is 20.4 Å². The molecule has 0 aliphatic heterocycles. The minimum atomic E-state index is -0.374. The Balaban J connectivity index is 2.31. The minimum Gasteiger partial charge on any atom is -0.338 e. The van der Waals surface area contributed by atoms with Crippen LogP contribution in [0.5, 0.6) is 0 Å². The minimum absolute atomic E-state index is 0.121. The number of carbonyl (C=O) groups excluding carboxylic acids is 1. The van der Waals surface area contributed by atoms with Gasteiger partial charge < -0.3 is 4.90 Å². The van der Waals surface area contributed by atoms with Crippen molar-refractivity contribution >= 4 is 5.91 Å². The van der Waals surface area contributed by atoms with E-state index in [1.165, 1.54) is 28.9 Å². The van der Waals surface area contributed by atoms with Gasteiger partial charge in [-0.1, -0.05) is 12.1 Å². The van der Waals surface area contributed by atoms with Crippen LogP contribution in [0.4, 0.5) is 4.39 Å². The Morgan fingerprint density at radius 2 is 1.95 bits per heavy atom. The van der Waals surface area contributed by atoms with Crippen LogP contribution in [0.25, 0.3) is 0 Å². The van der Waals surface area contributed by atoms with E-state index in [1.807, 2.05) is 13.8 Å². The molecule has 0 aliphatic rings. The summed E-state index contributed by atoms with van der Waals surface area (Å²) in [6.45, 7) is 5.02. The van der Waals surface area contributed by atoms with E-state index in [0.717, 1.165) is 0 Å². The molecule has 0 spiro atoms. The topological polar surface area (TPSA) is 55.2 Å². The zero-order valence-corrected chi connectivity index (χ0v) is 12.6. The van der Waals surface area contributed by atoms with Crippen LogP contribution >= 0.6 is 0 Å². The van der Waals surface area contributed by atoms with Gasteiger partial charge in [0.15, 0.2) is 0 Å². The van der Waals surface area contributed by atoms with E-state index in [9.17, 15) is 14.0 Å². The highest BCUT2D eigenvalue weighted by Gasteiger charge is 2.15. The summed E-state index contributed by atoms with van der Waals surface area (Å²) in [7, 11) is 0. The Kier molecular flexibility index (Phi) is 5.04. The van der Waals surface area contributed by atoms with Crippen LogP contribution in [-0.4, -0.2) is 33.7 Å². The van der Waals surface area contributed by atoms with Crippen molar-refractivity contribution in [2.24, 2.45) is 0 Å². The van der Waals surface area contributed by atoms with Crippen LogP contribution in [0.3, 0.4) is 0 Å². The number of benzene rings is 1. The predicted molar refractivity (Wildman–Crippen MR) is 81.3 cm³/mol. The smallest absolute Gasteiger partial charge is 0.274 e. The van der Waals surface area contributed by atoms with E-state index in [0.29, 0.717) is 18.7 Å². The van der Waals surface area contributed by atoms with Gasteiger partial charge in [0.1, 0.15) is 11.5 Å². The quantitative estimate of drug-likeness (QED) is 0.848. The average molecular weight is 303 g/mol. The fourth-order valence-electron chi connectivity index (χ4n) is 2.16. The summed E-state index contributed by atoms with van der Waals surface area (Å²) in [6, 6.07) is 8.68. The lowest BCUT2D eigenvalue weighted by Crippen LogP contribution is -2.33. The highest BCUT2D eigenvalue weighted by atomic mass is 19.1. The van der Waals surface area contributed by atoms with Gasteiger partial charge in [-0.2, -0.15) is 5.10 Å². The van der Waals surface area contributed by atoms with Gasteiger partial charge in [0.2, 0.25) is 0 Å². The van der Waals surface area contributed by atoms with E-state index >= 15 is 0 Å². The summed E-state index contributed by atoms with van der Waals surface area (Å²) in [5.41, 5.74) is 0.488. The van der Waals surface area contributed by atoms with Gasteiger partial charge in [0.25, 0.3) is 11.5 Å². The molecule has 0 aliphatic carbocycles. The number of halogens is 1. The lowest BCUT2D eigenvalue weighted by Gasteiger charge is -2.18. The third-order valence-electron chi connectivity index (χ3n) is 3.36. The molecule has 1 aromatic heterocycles. The van der Waals surface area contributed by atoms with Gasteiger partial charge >= 0.3 is 0 Å². The molecule has 0 fully saturated rings. The molecule has 2 rings (SSSR count). The monoisotopic (exact) mass is 303 g/mol. The normalized spacial score (nSPS) is 10.5. The zero-order chi connectivity index (χ0) is 16.1. The SMILES string of the molecule is CCN(CC)C(=O)c1ccc(=O)n(Cc2cccc(F)c2)n1. The molecule has 0 atom stereocenters. The van der Waals surface area contributed by atoms with Gasteiger partial charge in [-0.3, -0.25) is 9.59 Å². The number of hydrogen-bond donors (Lipinski definition) is 0. The largest absolute Gasteiger partial charge is 0.338 e. The molecule has 0 bridgehead atoms. The van der Waals surface area contributed by atoms with Gasteiger partial charge in [-0.25, -0.2) is 9.07 Å². The van der Waals surface area contributed by atoms with E-state index in [2.05, 4.69) is 5.10 Å². The molecule has 2 aromatic rings. The van der Waals surface area contributed by atoms with Crippen molar-refractivity contribution in [3.63, 3.8) is 0 Å². The first-order valence-electron chi connectivity index (χ1n) is 7.17. The highest BCUT2D eigenvalue weighted by molar-refractivity contribution is 5.92.